The number of furan rings is 1. The largest absolute Gasteiger partial charge is 0.456 e. The Balaban J connectivity index is 1.17. The highest BCUT2D eigenvalue weighted by Crippen LogP contribution is 2.39. The van der Waals surface area contributed by atoms with Crippen LogP contribution in [0.2, 0.25) is 0 Å². The molecule has 0 aliphatic heterocycles. The summed E-state index contributed by atoms with van der Waals surface area (Å²) in [5.74, 6) is 1.85. The van der Waals surface area contributed by atoms with Crippen LogP contribution in [0.4, 0.5) is 0 Å². The summed E-state index contributed by atoms with van der Waals surface area (Å²) in [5, 5.41) is 7.99. The summed E-state index contributed by atoms with van der Waals surface area (Å²) in [6.07, 6.45) is 1.86. The lowest BCUT2D eigenvalue weighted by molar-refractivity contribution is 0.669. The Kier molecular flexibility index (Phi) is 5.38. The molecule has 46 heavy (non-hydrogen) atoms. The van der Waals surface area contributed by atoms with Gasteiger partial charge in [-0.15, -0.1) is 11.3 Å². The summed E-state index contributed by atoms with van der Waals surface area (Å²) < 4.78 is 8.66. The molecule has 4 heterocycles. The molecule has 0 amide bonds. The molecule has 5 nitrogen and oxygen atoms in total. The predicted octanol–water partition coefficient (Wildman–Crippen LogP) is 10.8. The summed E-state index contributed by atoms with van der Waals surface area (Å²) in [4.78, 5) is 19.8. The number of hydrogen-bond donors (Lipinski definition) is 0. The van der Waals surface area contributed by atoms with Crippen molar-refractivity contribution in [3.63, 3.8) is 0 Å². The van der Waals surface area contributed by atoms with Gasteiger partial charge in [0.15, 0.2) is 17.5 Å². The van der Waals surface area contributed by atoms with Crippen molar-refractivity contribution in [2.24, 2.45) is 0 Å². The van der Waals surface area contributed by atoms with Crippen LogP contribution in [0.1, 0.15) is 0 Å². The minimum absolute atomic E-state index is 0.599. The van der Waals surface area contributed by atoms with Crippen molar-refractivity contribution in [2.45, 2.75) is 0 Å². The van der Waals surface area contributed by atoms with Gasteiger partial charge < -0.3 is 4.42 Å². The predicted molar refractivity (Wildman–Crippen MR) is 189 cm³/mol. The van der Waals surface area contributed by atoms with Gasteiger partial charge in [-0.2, -0.15) is 0 Å². The highest BCUT2D eigenvalue weighted by molar-refractivity contribution is 7.26. The third-order valence-electron chi connectivity index (χ3n) is 8.75. The molecular weight excluding hydrogens is 585 g/mol. The molecule has 0 saturated heterocycles. The van der Waals surface area contributed by atoms with E-state index in [1.807, 2.05) is 36.5 Å². The zero-order valence-electron chi connectivity index (χ0n) is 24.3. The van der Waals surface area contributed by atoms with E-state index < -0.39 is 0 Å². The van der Waals surface area contributed by atoms with Gasteiger partial charge in [0.25, 0.3) is 0 Å². The summed E-state index contributed by atoms with van der Waals surface area (Å²) in [6, 6.07) is 43.9. The molecular formula is C40H22N4OS. The second-order valence-electron chi connectivity index (χ2n) is 11.5. The van der Waals surface area contributed by atoms with E-state index in [1.54, 1.807) is 11.3 Å². The monoisotopic (exact) mass is 606 g/mol. The maximum Gasteiger partial charge on any atom is 0.164 e. The highest BCUT2D eigenvalue weighted by Gasteiger charge is 2.16. The molecule has 0 fully saturated rings. The number of pyridine rings is 1. The summed E-state index contributed by atoms with van der Waals surface area (Å²) in [7, 11) is 0. The average molecular weight is 607 g/mol. The topological polar surface area (TPSA) is 64.7 Å². The number of aromatic nitrogens is 4. The van der Waals surface area contributed by atoms with Gasteiger partial charge in [0.2, 0.25) is 0 Å². The van der Waals surface area contributed by atoms with E-state index in [4.69, 9.17) is 19.4 Å². The number of fused-ring (bicyclic) bond motifs is 9. The van der Waals surface area contributed by atoms with Gasteiger partial charge in [0.1, 0.15) is 11.2 Å². The fraction of sp³-hybridized carbons (Fsp3) is 0. The lowest BCUT2D eigenvalue weighted by Gasteiger charge is -2.10. The molecule has 6 aromatic carbocycles. The first-order valence-corrected chi connectivity index (χ1v) is 15.9. The zero-order chi connectivity index (χ0) is 30.2. The Labute approximate surface area is 266 Å². The van der Waals surface area contributed by atoms with Crippen LogP contribution < -0.4 is 0 Å². The number of benzene rings is 6. The Hall–Kier alpha value is -5.98. The molecule has 0 unspecified atom stereocenters. The molecule has 0 atom stereocenters. The zero-order valence-corrected chi connectivity index (χ0v) is 25.1. The molecule has 0 spiro atoms. The van der Waals surface area contributed by atoms with Gasteiger partial charge in [-0.1, -0.05) is 84.9 Å². The van der Waals surface area contributed by atoms with E-state index in [2.05, 4.69) is 102 Å². The third-order valence-corrected chi connectivity index (χ3v) is 9.94. The molecule has 10 aromatic rings. The third kappa shape index (κ3) is 3.94. The Morgan fingerprint density at radius 1 is 0.457 bits per heavy atom. The van der Waals surface area contributed by atoms with Crippen molar-refractivity contribution in [1.29, 1.82) is 0 Å². The molecule has 0 bridgehead atoms. The number of rotatable bonds is 3. The minimum Gasteiger partial charge on any atom is -0.456 e. The van der Waals surface area contributed by atoms with E-state index in [9.17, 15) is 0 Å². The standard InChI is InChI=1S/C40H22N4OS/c1-2-7-24-20-26(12-11-23(24)6-1)38-42-39(44-40(43-38)28-15-17-31-30-8-3-4-9-33(30)45-34(31)22-28)27-14-16-29-25(21-27)13-18-32-36-35(46-37(29)32)10-5-19-41-36/h1-22H. The SMILES string of the molecule is c1ccc2cc(-c3nc(-c4ccc5c(ccc6c7ncccc7sc56)c4)nc(-c4ccc5c(c4)oc4ccccc45)n3)ccc2c1. The molecule has 0 aliphatic rings. The van der Waals surface area contributed by atoms with Gasteiger partial charge in [-0.3, -0.25) is 4.98 Å². The number of thiophene rings is 1. The molecule has 0 saturated carbocycles. The van der Waals surface area contributed by atoms with Crippen LogP contribution in [0.25, 0.3) is 97.9 Å². The second-order valence-corrected chi connectivity index (χ2v) is 12.6. The lowest BCUT2D eigenvalue weighted by Crippen LogP contribution is -2.00. The van der Waals surface area contributed by atoms with E-state index in [-0.39, 0.29) is 0 Å². The van der Waals surface area contributed by atoms with Crippen LogP contribution in [0, 0.1) is 0 Å². The van der Waals surface area contributed by atoms with Gasteiger partial charge in [-0.05, 0) is 64.0 Å². The lowest BCUT2D eigenvalue weighted by atomic mass is 10.0. The quantitative estimate of drug-likeness (QED) is 0.200. The Morgan fingerprint density at radius 2 is 1.09 bits per heavy atom. The molecule has 0 aliphatic carbocycles. The normalized spacial score (nSPS) is 11.9. The molecule has 4 aromatic heterocycles. The average Bonchev–Trinajstić information content (AvgIpc) is 3.69. The molecule has 6 heteroatoms. The van der Waals surface area contributed by atoms with Crippen molar-refractivity contribution >= 4 is 75.1 Å². The van der Waals surface area contributed by atoms with Gasteiger partial charge in [0.05, 0.1) is 10.2 Å². The van der Waals surface area contributed by atoms with Crippen molar-refractivity contribution in [3.8, 4) is 34.2 Å². The molecule has 214 valence electrons. The first kappa shape index (κ1) is 25.4. The van der Waals surface area contributed by atoms with Crippen LogP contribution in [-0.2, 0) is 0 Å². The first-order chi connectivity index (χ1) is 22.7. The second kappa shape index (κ2) is 9.76. The number of para-hydroxylation sites is 1. The maximum absolute atomic E-state index is 6.22. The van der Waals surface area contributed by atoms with E-state index in [1.165, 1.54) is 25.6 Å². The van der Waals surface area contributed by atoms with Crippen LogP contribution in [0.3, 0.4) is 0 Å². The van der Waals surface area contributed by atoms with Crippen molar-refractivity contribution in [1.82, 2.24) is 19.9 Å². The molecule has 0 N–H and O–H groups in total. The fourth-order valence-electron chi connectivity index (χ4n) is 6.48. The molecule has 10 rings (SSSR count). The number of hydrogen-bond acceptors (Lipinski definition) is 6. The molecule has 0 radical (unpaired) electrons. The first-order valence-electron chi connectivity index (χ1n) is 15.1. The van der Waals surface area contributed by atoms with Crippen LogP contribution in [0.5, 0.6) is 0 Å². The van der Waals surface area contributed by atoms with Crippen LogP contribution >= 0.6 is 11.3 Å². The van der Waals surface area contributed by atoms with Crippen LogP contribution in [-0.4, -0.2) is 19.9 Å². The minimum atomic E-state index is 0.599. The Morgan fingerprint density at radius 3 is 1.93 bits per heavy atom. The smallest absolute Gasteiger partial charge is 0.164 e. The number of nitrogens with zero attached hydrogens (tertiary/aromatic N) is 4. The van der Waals surface area contributed by atoms with Crippen molar-refractivity contribution in [3.05, 3.63) is 134 Å². The van der Waals surface area contributed by atoms with Crippen LogP contribution in [0.15, 0.2) is 138 Å². The summed E-state index contributed by atoms with van der Waals surface area (Å²) in [6.45, 7) is 0. The highest BCUT2D eigenvalue weighted by atomic mass is 32.1. The van der Waals surface area contributed by atoms with Gasteiger partial charge >= 0.3 is 0 Å². The van der Waals surface area contributed by atoms with E-state index in [0.717, 1.165) is 54.9 Å². The van der Waals surface area contributed by atoms with Crippen molar-refractivity contribution < 1.29 is 4.42 Å². The summed E-state index contributed by atoms with van der Waals surface area (Å²) in [5.41, 5.74) is 5.47. The summed E-state index contributed by atoms with van der Waals surface area (Å²) >= 11 is 1.78. The Bertz CT molecular complexity index is 2830. The fourth-order valence-corrected chi connectivity index (χ4v) is 7.67. The van der Waals surface area contributed by atoms with Crippen molar-refractivity contribution in [2.75, 3.05) is 0 Å². The maximum atomic E-state index is 6.22. The van der Waals surface area contributed by atoms with Gasteiger partial charge in [0, 0.05) is 43.7 Å². The van der Waals surface area contributed by atoms with Gasteiger partial charge in [-0.25, -0.2) is 15.0 Å². The van der Waals surface area contributed by atoms with E-state index >= 15 is 0 Å². The van der Waals surface area contributed by atoms with E-state index in [0.29, 0.717) is 17.5 Å².